The largest absolute Gasteiger partial charge is 1.00 e. The molecule has 0 radical (unpaired) electrons. The van der Waals surface area contributed by atoms with Gasteiger partial charge in [-0.3, -0.25) is 9.98 Å². The van der Waals surface area contributed by atoms with Crippen LogP contribution in [0.3, 0.4) is 0 Å². The van der Waals surface area contributed by atoms with Crippen LogP contribution in [0, 0.1) is 0 Å². The number of hydrogen-bond acceptors (Lipinski definition) is 5. The standard InChI is InChI=1S/C33H21N5O.Rb/c1-3-19-8-9-21-12-14-26(37-30(21)28(19)34-2)24-18-25(33(39)32-23(24)7-5-17-36-32)27-15-13-22-11-10-20-6-4-16-35-29(20)31(22)38-27;/h3-18,39H,1-2H2;/q;+1. The molecule has 0 spiro atoms. The van der Waals surface area contributed by atoms with E-state index in [2.05, 4.69) is 28.3 Å². The van der Waals surface area contributed by atoms with Gasteiger partial charge in [-0.15, -0.1) is 0 Å². The number of benzene rings is 3. The maximum atomic E-state index is 13.8. The summed E-state index contributed by atoms with van der Waals surface area (Å²) in [6.07, 6.45) is 5.26. The van der Waals surface area contributed by atoms with E-state index in [9.17, 15) is 5.11 Å². The van der Waals surface area contributed by atoms with Gasteiger partial charge in [0.25, 0.3) is 0 Å². The molecule has 4 aromatic heterocycles. The Morgan fingerprint density at radius 1 is 0.775 bits per heavy atom. The molecular formula is C33H21N5ORb+. The first-order chi connectivity index (χ1) is 19.2. The van der Waals surface area contributed by atoms with Gasteiger partial charge in [-0.05, 0) is 48.4 Å². The Morgan fingerprint density at radius 2 is 1.45 bits per heavy atom. The minimum absolute atomic E-state index is 0. The van der Waals surface area contributed by atoms with Gasteiger partial charge < -0.3 is 5.11 Å². The summed E-state index contributed by atoms with van der Waals surface area (Å²) in [6.45, 7) is 7.65. The fourth-order valence-electron chi connectivity index (χ4n) is 5.22. The fraction of sp³-hybridized carbons (Fsp3) is 0. The molecule has 0 atom stereocenters. The third-order valence-corrected chi connectivity index (χ3v) is 7.14. The molecule has 7 aromatic rings. The number of aromatic amines is 1. The van der Waals surface area contributed by atoms with Gasteiger partial charge in [-0.25, -0.2) is 15.0 Å². The van der Waals surface area contributed by atoms with Crippen molar-refractivity contribution in [3.05, 3.63) is 103 Å². The number of hydrogen-bond donors (Lipinski definition) is 0. The predicted octanol–water partition coefficient (Wildman–Crippen LogP) is 3.69. The number of rotatable bonds is 4. The number of H-pyrrole nitrogens is 1. The number of nitrogens with one attached hydrogen (secondary N) is 1. The molecule has 40 heavy (non-hydrogen) atoms. The van der Waals surface area contributed by atoms with Crippen molar-refractivity contribution in [2.75, 3.05) is 0 Å². The molecule has 0 saturated carbocycles. The number of fused-ring (bicyclic) bond motifs is 5. The summed E-state index contributed by atoms with van der Waals surface area (Å²) in [4.78, 5) is 21.9. The summed E-state index contributed by atoms with van der Waals surface area (Å²) in [6, 6.07) is 25.4. The Labute approximate surface area is 279 Å². The summed E-state index contributed by atoms with van der Waals surface area (Å²) in [5.41, 5.74) is 6.90. The van der Waals surface area contributed by atoms with Crippen molar-refractivity contribution in [3.8, 4) is 28.3 Å². The van der Waals surface area contributed by atoms with Crippen molar-refractivity contribution in [2.24, 2.45) is 4.99 Å². The van der Waals surface area contributed by atoms with Crippen LogP contribution in [0.25, 0.3) is 72.2 Å². The Kier molecular flexibility index (Phi) is 7.10. The molecular weight excluding hydrogens is 568 g/mol. The molecule has 3 aromatic carbocycles. The molecule has 0 aliphatic heterocycles. The molecule has 1 N–H and O–H groups in total. The first kappa shape index (κ1) is 26.5. The first-order valence-corrected chi connectivity index (χ1v) is 12.5. The van der Waals surface area contributed by atoms with Gasteiger partial charge in [0.15, 0.2) is 6.20 Å². The molecule has 184 valence electrons. The molecule has 7 rings (SSSR count). The quantitative estimate of drug-likeness (QED) is 0.232. The Balaban J connectivity index is 0.00000289. The van der Waals surface area contributed by atoms with Crippen LogP contribution in [0.1, 0.15) is 5.56 Å². The molecule has 0 amide bonds. The topological polar surface area (TPSA) is 88.2 Å². The van der Waals surface area contributed by atoms with Crippen LogP contribution in [-0.4, -0.2) is 21.7 Å². The van der Waals surface area contributed by atoms with E-state index in [1.165, 1.54) is 0 Å². The van der Waals surface area contributed by atoms with Crippen molar-refractivity contribution in [1.29, 1.82) is 0 Å². The smallest absolute Gasteiger partial charge is 0.868 e. The summed E-state index contributed by atoms with van der Waals surface area (Å²) in [7, 11) is 0. The zero-order valence-electron chi connectivity index (χ0n) is 21.8. The van der Waals surface area contributed by atoms with Gasteiger partial charge in [0, 0.05) is 39.5 Å². The molecule has 0 bridgehead atoms. The van der Waals surface area contributed by atoms with E-state index in [1.807, 2.05) is 78.9 Å². The number of aliphatic imine (C=N–C) groups is 1. The van der Waals surface area contributed by atoms with Gasteiger partial charge in [0.2, 0.25) is 5.52 Å². The van der Waals surface area contributed by atoms with Crippen LogP contribution in [0.5, 0.6) is 5.75 Å². The van der Waals surface area contributed by atoms with Crippen LogP contribution in [0.2, 0.25) is 0 Å². The van der Waals surface area contributed by atoms with Gasteiger partial charge >= 0.3 is 58.2 Å². The number of pyridine rings is 4. The van der Waals surface area contributed by atoms with Gasteiger partial charge in [0.05, 0.1) is 39.0 Å². The van der Waals surface area contributed by atoms with Crippen molar-refractivity contribution < 1.29 is 68.3 Å². The zero-order chi connectivity index (χ0) is 26.5. The normalized spacial score (nSPS) is 11.1. The summed E-state index contributed by atoms with van der Waals surface area (Å²) >= 11 is 0. The molecule has 0 aliphatic rings. The molecule has 0 aliphatic carbocycles. The van der Waals surface area contributed by atoms with E-state index >= 15 is 0 Å². The van der Waals surface area contributed by atoms with E-state index in [-0.39, 0.29) is 63.9 Å². The van der Waals surface area contributed by atoms with Crippen molar-refractivity contribution >= 4 is 62.1 Å². The van der Waals surface area contributed by atoms with Crippen LogP contribution in [0.4, 0.5) is 5.69 Å². The number of aromatic nitrogens is 4. The zero-order valence-corrected chi connectivity index (χ0v) is 26.8. The van der Waals surface area contributed by atoms with Crippen molar-refractivity contribution in [2.45, 2.75) is 0 Å². The van der Waals surface area contributed by atoms with E-state index < -0.39 is 0 Å². The average molecular weight is 589 g/mol. The van der Waals surface area contributed by atoms with Gasteiger partial charge in [-0.2, -0.15) is 0 Å². The van der Waals surface area contributed by atoms with Crippen LogP contribution >= 0.6 is 0 Å². The molecule has 7 heteroatoms. The molecule has 6 nitrogen and oxygen atoms in total. The Hall–Kier alpha value is -3.68. The first-order valence-electron chi connectivity index (χ1n) is 12.5. The molecule has 0 fully saturated rings. The van der Waals surface area contributed by atoms with E-state index in [0.29, 0.717) is 28.2 Å². The van der Waals surface area contributed by atoms with Gasteiger partial charge in [-0.1, -0.05) is 55.1 Å². The van der Waals surface area contributed by atoms with E-state index in [4.69, 9.17) is 9.97 Å². The SMILES string of the molecule is C=Cc1ccc2ccc(-c3cc(-c4ccc5ccc6cccnc6c5n4)c([O-])c4[nH+]cccc34)nc2c1N=C.[Rb+]. The monoisotopic (exact) mass is 588 g/mol. The summed E-state index contributed by atoms with van der Waals surface area (Å²) in [5, 5.41) is 17.4. The van der Waals surface area contributed by atoms with Crippen LogP contribution in [0.15, 0.2) is 103 Å². The average Bonchev–Trinajstić information content (AvgIpc) is 3.00. The van der Waals surface area contributed by atoms with Crippen LogP contribution < -0.4 is 68.3 Å². The summed E-state index contributed by atoms with van der Waals surface area (Å²) < 4.78 is 0. The van der Waals surface area contributed by atoms with Crippen molar-refractivity contribution in [1.82, 2.24) is 15.0 Å². The second-order valence-corrected chi connectivity index (χ2v) is 9.30. The van der Waals surface area contributed by atoms with Crippen molar-refractivity contribution in [3.63, 3.8) is 0 Å². The third kappa shape index (κ3) is 4.28. The Morgan fingerprint density at radius 3 is 2.23 bits per heavy atom. The minimum Gasteiger partial charge on any atom is -0.868 e. The maximum absolute atomic E-state index is 13.8. The number of nitrogens with zero attached hydrogens (tertiary/aromatic N) is 4. The molecule has 4 heterocycles. The van der Waals surface area contributed by atoms with E-state index in [1.54, 1.807) is 18.5 Å². The minimum atomic E-state index is -0.127. The predicted molar refractivity (Wildman–Crippen MR) is 156 cm³/mol. The van der Waals surface area contributed by atoms with Gasteiger partial charge in [0.1, 0.15) is 0 Å². The second kappa shape index (κ2) is 10.7. The second-order valence-electron chi connectivity index (χ2n) is 9.30. The summed E-state index contributed by atoms with van der Waals surface area (Å²) in [5.74, 6) is -0.127. The maximum Gasteiger partial charge on any atom is 1.00 e. The van der Waals surface area contributed by atoms with Crippen LogP contribution in [-0.2, 0) is 0 Å². The molecule has 0 unspecified atom stereocenters. The fourth-order valence-corrected chi connectivity index (χ4v) is 5.22. The molecule has 0 saturated heterocycles. The Bertz CT molecular complexity index is 2140. The van der Waals surface area contributed by atoms with E-state index in [0.717, 1.165) is 49.2 Å². The third-order valence-electron chi connectivity index (χ3n) is 7.14.